The topological polar surface area (TPSA) is 38.8 Å². The standard InChI is InChI=1S/C16H30N4O/c1-18(2)16(21)20-10-5-13(6-11-20)17-14-7-9-19-8-3-4-15(19)12-14/h13-15,17H,3-12H2,1-2H3. The normalized spacial score (nSPS) is 31.2. The summed E-state index contributed by atoms with van der Waals surface area (Å²) >= 11 is 0. The van der Waals surface area contributed by atoms with E-state index in [0.29, 0.717) is 12.1 Å². The van der Waals surface area contributed by atoms with Crippen LogP contribution in [0.4, 0.5) is 4.79 Å². The molecular weight excluding hydrogens is 264 g/mol. The second-order valence-corrected chi connectivity index (χ2v) is 7.16. The Hall–Kier alpha value is -0.810. The summed E-state index contributed by atoms with van der Waals surface area (Å²) in [5.41, 5.74) is 0. The lowest BCUT2D eigenvalue weighted by Crippen LogP contribution is -2.52. The number of fused-ring (bicyclic) bond motifs is 1. The maximum Gasteiger partial charge on any atom is 0.319 e. The highest BCUT2D eigenvalue weighted by molar-refractivity contribution is 5.73. The van der Waals surface area contributed by atoms with E-state index < -0.39 is 0 Å². The van der Waals surface area contributed by atoms with Crippen LogP contribution in [0.3, 0.4) is 0 Å². The second kappa shape index (κ2) is 6.53. The fourth-order valence-corrected chi connectivity index (χ4v) is 4.23. The summed E-state index contributed by atoms with van der Waals surface area (Å²) < 4.78 is 0. The molecule has 3 saturated heterocycles. The molecule has 120 valence electrons. The number of hydrogen-bond donors (Lipinski definition) is 1. The Kier molecular flexibility index (Phi) is 4.69. The lowest BCUT2D eigenvalue weighted by Gasteiger charge is -2.39. The Morgan fingerprint density at radius 2 is 1.71 bits per heavy atom. The van der Waals surface area contributed by atoms with Crippen molar-refractivity contribution in [2.45, 2.75) is 56.7 Å². The van der Waals surface area contributed by atoms with Gasteiger partial charge in [0.05, 0.1) is 0 Å². The fourth-order valence-electron chi connectivity index (χ4n) is 4.23. The van der Waals surface area contributed by atoms with Gasteiger partial charge in [-0.05, 0) is 51.6 Å². The van der Waals surface area contributed by atoms with Crippen molar-refractivity contribution in [2.75, 3.05) is 40.3 Å². The predicted octanol–water partition coefficient (Wildman–Crippen LogP) is 1.35. The van der Waals surface area contributed by atoms with Gasteiger partial charge >= 0.3 is 6.03 Å². The van der Waals surface area contributed by atoms with E-state index in [0.717, 1.165) is 32.0 Å². The summed E-state index contributed by atoms with van der Waals surface area (Å²) in [7, 11) is 3.67. The van der Waals surface area contributed by atoms with Crippen molar-refractivity contribution in [1.82, 2.24) is 20.0 Å². The monoisotopic (exact) mass is 294 g/mol. The van der Waals surface area contributed by atoms with Gasteiger partial charge in [-0.15, -0.1) is 0 Å². The van der Waals surface area contributed by atoms with E-state index in [1.54, 1.807) is 4.90 Å². The van der Waals surface area contributed by atoms with Crippen LogP contribution in [-0.4, -0.2) is 79.1 Å². The van der Waals surface area contributed by atoms with E-state index in [9.17, 15) is 4.79 Å². The van der Waals surface area contributed by atoms with E-state index in [-0.39, 0.29) is 6.03 Å². The molecule has 2 unspecified atom stereocenters. The first-order valence-corrected chi connectivity index (χ1v) is 8.60. The largest absolute Gasteiger partial charge is 0.331 e. The van der Waals surface area contributed by atoms with Gasteiger partial charge in [0.1, 0.15) is 0 Å². The maximum absolute atomic E-state index is 11.9. The van der Waals surface area contributed by atoms with Crippen LogP contribution in [0.5, 0.6) is 0 Å². The predicted molar refractivity (Wildman–Crippen MR) is 84.4 cm³/mol. The summed E-state index contributed by atoms with van der Waals surface area (Å²) in [5, 5.41) is 3.88. The molecule has 0 aromatic rings. The van der Waals surface area contributed by atoms with Crippen LogP contribution in [0, 0.1) is 0 Å². The van der Waals surface area contributed by atoms with E-state index in [1.165, 1.54) is 38.8 Å². The Balaban J connectivity index is 1.42. The summed E-state index contributed by atoms with van der Waals surface area (Å²) in [5.74, 6) is 0. The first-order chi connectivity index (χ1) is 10.1. The Morgan fingerprint density at radius 3 is 2.43 bits per heavy atom. The smallest absolute Gasteiger partial charge is 0.319 e. The molecule has 0 saturated carbocycles. The van der Waals surface area contributed by atoms with Crippen LogP contribution in [0.25, 0.3) is 0 Å². The third-order valence-electron chi connectivity index (χ3n) is 5.44. The molecule has 2 atom stereocenters. The lowest BCUT2D eigenvalue weighted by atomic mass is 9.95. The third kappa shape index (κ3) is 3.51. The quantitative estimate of drug-likeness (QED) is 0.835. The molecule has 0 bridgehead atoms. The van der Waals surface area contributed by atoms with Crippen LogP contribution < -0.4 is 5.32 Å². The number of amides is 2. The summed E-state index contributed by atoms with van der Waals surface area (Å²) in [4.78, 5) is 18.3. The highest BCUT2D eigenvalue weighted by Crippen LogP contribution is 2.27. The molecule has 5 nitrogen and oxygen atoms in total. The molecule has 3 rings (SSSR count). The molecule has 5 heteroatoms. The fraction of sp³-hybridized carbons (Fsp3) is 0.938. The summed E-state index contributed by atoms with van der Waals surface area (Å²) in [6.07, 6.45) is 7.62. The van der Waals surface area contributed by atoms with Crippen LogP contribution in [0.1, 0.15) is 38.5 Å². The number of likely N-dealkylation sites (tertiary alicyclic amines) is 1. The van der Waals surface area contributed by atoms with Gasteiger partial charge in [0.2, 0.25) is 0 Å². The number of urea groups is 1. The zero-order chi connectivity index (χ0) is 14.8. The number of nitrogens with zero attached hydrogens (tertiary/aromatic N) is 3. The van der Waals surface area contributed by atoms with E-state index in [4.69, 9.17) is 0 Å². The molecule has 3 aliphatic heterocycles. The van der Waals surface area contributed by atoms with Crippen molar-refractivity contribution in [1.29, 1.82) is 0 Å². The molecule has 3 fully saturated rings. The molecule has 0 spiro atoms. The first kappa shape index (κ1) is 15.1. The summed E-state index contributed by atoms with van der Waals surface area (Å²) in [6, 6.07) is 2.30. The van der Waals surface area contributed by atoms with Crippen molar-refractivity contribution >= 4 is 6.03 Å². The van der Waals surface area contributed by atoms with Crippen LogP contribution >= 0.6 is 0 Å². The molecule has 0 aromatic heterocycles. The van der Waals surface area contributed by atoms with Gasteiger partial charge in [-0.2, -0.15) is 0 Å². The molecule has 0 aliphatic carbocycles. The van der Waals surface area contributed by atoms with Gasteiger partial charge < -0.3 is 20.0 Å². The minimum Gasteiger partial charge on any atom is -0.331 e. The van der Waals surface area contributed by atoms with Crippen LogP contribution in [0.15, 0.2) is 0 Å². The number of rotatable bonds is 2. The molecule has 3 heterocycles. The minimum absolute atomic E-state index is 0.160. The number of carbonyl (C=O) groups excluding carboxylic acids is 1. The highest BCUT2D eigenvalue weighted by atomic mass is 16.2. The van der Waals surface area contributed by atoms with Crippen molar-refractivity contribution in [3.63, 3.8) is 0 Å². The van der Waals surface area contributed by atoms with Crippen LogP contribution in [0.2, 0.25) is 0 Å². The molecule has 2 amide bonds. The number of nitrogens with one attached hydrogen (secondary N) is 1. The highest BCUT2D eigenvalue weighted by Gasteiger charge is 2.33. The van der Waals surface area contributed by atoms with Gasteiger partial charge in [0.15, 0.2) is 0 Å². The zero-order valence-corrected chi connectivity index (χ0v) is 13.6. The van der Waals surface area contributed by atoms with E-state index in [2.05, 4.69) is 10.2 Å². The van der Waals surface area contributed by atoms with Gasteiger partial charge in [-0.25, -0.2) is 4.79 Å². The molecule has 3 aliphatic rings. The lowest BCUT2D eigenvalue weighted by molar-refractivity contribution is 0.134. The Bertz CT molecular complexity index is 365. The van der Waals surface area contributed by atoms with Crippen molar-refractivity contribution in [3.8, 4) is 0 Å². The number of carbonyl (C=O) groups is 1. The Morgan fingerprint density at radius 1 is 1.00 bits per heavy atom. The SMILES string of the molecule is CN(C)C(=O)N1CCC(NC2CCN3CCCC3C2)CC1. The van der Waals surface area contributed by atoms with Crippen molar-refractivity contribution < 1.29 is 4.79 Å². The Labute approximate surface area is 128 Å². The van der Waals surface area contributed by atoms with E-state index >= 15 is 0 Å². The average Bonchev–Trinajstić information content (AvgIpc) is 2.95. The number of hydrogen-bond acceptors (Lipinski definition) is 3. The molecule has 0 radical (unpaired) electrons. The van der Waals surface area contributed by atoms with E-state index in [1.807, 2.05) is 19.0 Å². The molecular formula is C16H30N4O. The van der Waals surface area contributed by atoms with Gasteiger partial charge in [-0.3, -0.25) is 0 Å². The van der Waals surface area contributed by atoms with Crippen molar-refractivity contribution in [3.05, 3.63) is 0 Å². The summed E-state index contributed by atoms with van der Waals surface area (Å²) in [6.45, 7) is 4.40. The van der Waals surface area contributed by atoms with Gasteiger partial charge in [0.25, 0.3) is 0 Å². The minimum atomic E-state index is 0.160. The maximum atomic E-state index is 11.9. The third-order valence-corrected chi connectivity index (χ3v) is 5.44. The van der Waals surface area contributed by atoms with Crippen LogP contribution in [-0.2, 0) is 0 Å². The second-order valence-electron chi connectivity index (χ2n) is 7.16. The molecule has 21 heavy (non-hydrogen) atoms. The molecule has 0 aromatic carbocycles. The number of piperidine rings is 2. The van der Waals surface area contributed by atoms with Gasteiger partial charge in [0, 0.05) is 45.3 Å². The average molecular weight is 294 g/mol. The molecule has 1 N–H and O–H groups in total. The van der Waals surface area contributed by atoms with Crippen molar-refractivity contribution in [2.24, 2.45) is 0 Å². The first-order valence-electron chi connectivity index (χ1n) is 8.60. The van der Waals surface area contributed by atoms with Gasteiger partial charge in [-0.1, -0.05) is 0 Å². The zero-order valence-electron chi connectivity index (χ0n) is 13.6.